The van der Waals surface area contributed by atoms with Gasteiger partial charge in [0.05, 0.1) is 12.6 Å². The molecule has 1 atom stereocenters. The van der Waals surface area contributed by atoms with Crippen LogP contribution >= 0.6 is 15.9 Å². The molecule has 100 valence electrons. The summed E-state index contributed by atoms with van der Waals surface area (Å²) in [5.41, 5.74) is 1.99. The fourth-order valence-electron chi connectivity index (χ4n) is 1.87. The largest absolute Gasteiger partial charge is 0.394 e. The monoisotopic (exact) mass is 323 g/mol. The highest BCUT2D eigenvalue weighted by atomic mass is 79.9. The van der Waals surface area contributed by atoms with Crippen molar-refractivity contribution in [1.82, 2.24) is 5.32 Å². The van der Waals surface area contributed by atoms with Crippen molar-refractivity contribution in [2.45, 2.75) is 12.6 Å². The van der Waals surface area contributed by atoms with Crippen LogP contribution in [0.3, 0.4) is 0 Å². The second-order valence-electron chi connectivity index (χ2n) is 4.26. The summed E-state index contributed by atoms with van der Waals surface area (Å²) >= 11 is 3.33. The maximum atomic E-state index is 13.0. The minimum Gasteiger partial charge on any atom is -0.394 e. The Morgan fingerprint density at radius 3 is 2.53 bits per heavy atom. The zero-order valence-electron chi connectivity index (χ0n) is 10.3. The molecule has 0 saturated carbocycles. The fraction of sp³-hybridized carbons (Fsp3) is 0.200. The lowest BCUT2D eigenvalue weighted by atomic mass is 10.1. The average molecular weight is 324 g/mol. The third-order valence-electron chi connectivity index (χ3n) is 2.94. The van der Waals surface area contributed by atoms with E-state index in [4.69, 9.17) is 0 Å². The predicted octanol–water partition coefficient (Wildman–Crippen LogP) is 3.41. The van der Waals surface area contributed by atoms with Crippen LogP contribution in [0.4, 0.5) is 4.39 Å². The van der Waals surface area contributed by atoms with Crippen LogP contribution in [-0.2, 0) is 6.54 Å². The molecular weight excluding hydrogens is 309 g/mol. The summed E-state index contributed by atoms with van der Waals surface area (Å²) in [6.45, 7) is 0.573. The molecule has 0 unspecified atom stereocenters. The summed E-state index contributed by atoms with van der Waals surface area (Å²) in [5, 5.41) is 12.7. The molecule has 0 bridgehead atoms. The summed E-state index contributed by atoms with van der Waals surface area (Å²) in [6.07, 6.45) is 0. The molecule has 0 aliphatic carbocycles. The van der Waals surface area contributed by atoms with Crippen LogP contribution in [0.15, 0.2) is 53.0 Å². The Morgan fingerprint density at radius 1 is 1.16 bits per heavy atom. The van der Waals surface area contributed by atoms with Gasteiger partial charge in [0.1, 0.15) is 5.82 Å². The summed E-state index contributed by atoms with van der Waals surface area (Å²) in [6, 6.07) is 14.2. The van der Waals surface area contributed by atoms with Gasteiger partial charge in [-0.05, 0) is 23.3 Å². The summed E-state index contributed by atoms with van der Waals surface area (Å²) in [4.78, 5) is 0. The van der Waals surface area contributed by atoms with Gasteiger partial charge in [-0.15, -0.1) is 0 Å². The molecule has 0 aromatic heterocycles. The number of aliphatic hydroxyl groups is 1. The van der Waals surface area contributed by atoms with Gasteiger partial charge in [-0.3, -0.25) is 0 Å². The fourth-order valence-corrected chi connectivity index (χ4v) is 2.36. The lowest BCUT2D eigenvalue weighted by Gasteiger charge is -2.17. The summed E-state index contributed by atoms with van der Waals surface area (Å²) in [5.74, 6) is -0.266. The summed E-state index contributed by atoms with van der Waals surface area (Å²) < 4.78 is 13.7. The number of benzene rings is 2. The van der Waals surface area contributed by atoms with E-state index in [1.807, 2.05) is 30.3 Å². The van der Waals surface area contributed by atoms with Crippen LogP contribution in [0.1, 0.15) is 17.2 Å². The number of hydrogen-bond acceptors (Lipinski definition) is 2. The number of aliphatic hydroxyl groups excluding tert-OH is 1. The highest BCUT2D eigenvalue weighted by molar-refractivity contribution is 9.10. The van der Waals surface area contributed by atoms with E-state index in [-0.39, 0.29) is 18.5 Å². The molecule has 0 heterocycles. The smallest absolute Gasteiger partial charge is 0.124 e. The molecule has 4 heteroatoms. The zero-order chi connectivity index (χ0) is 13.7. The van der Waals surface area contributed by atoms with Crippen molar-refractivity contribution in [3.63, 3.8) is 0 Å². The van der Waals surface area contributed by atoms with Gasteiger partial charge in [0.25, 0.3) is 0 Å². The SMILES string of the molecule is OC[C@@H](NCc1ccc(F)cc1Br)c1ccccc1. The first-order valence-electron chi connectivity index (χ1n) is 6.04. The standard InChI is InChI=1S/C15H15BrFNO/c16-14-8-13(17)7-6-12(14)9-18-15(10-19)11-4-2-1-3-5-11/h1-8,15,18-19H,9-10H2/t15-/m1/s1. The van der Waals surface area contributed by atoms with Crippen molar-refractivity contribution < 1.29 is 9.50 Å². The Hall–Kier alpha value is -1.23. The molecule has 2 aromatic carbocycles. The van der Waals surface area contributed by atoms with Gasteiger partial charge in [-0.2, -0.15) is 0 Å². The average Bonchev–Trinajstić information content (AvgIpc) is 2.43. The van der Waals surface area contributed by atoms with Crippen molar-refractivity contribution >= 4 is 15.9 Å². The van der Waals surface area contributed by atoms with E-state index >= 15 is 0 Å². The maximum Gasteiger partial charge on any atom is 0.124 e. The van der Waals surface area contributed by atoms with Gasteiger partial charge >= 0.3 is 0 Å². The van der Waals surface area contributed by atoms with Gasteiger partial charge in [0.2, 0.25) is 0 Å². The molecule has 2 N–H and O–H groups in total. The third-order valence-corrected chi connectivity index (χ3v) is 3.68. The second-order valence-corrected chi connectivity index (χ2v) is 5.12. The van der Waals surface area contributed by atoms with E-state index in [1.54, 1.807) is 6.07 Å². The minimum atomic E-state index is -0.266. The van der Waals surface area contributed by atoms with E-state index in [9.17, 15) is 9.50 Å². The zero-order valence-corrected chi connectivity index (χ0v) is 11.9. The van der Waals surface area contributed by atoms with Crippen LogP contribution in [-0.4, -0.2) is 11.7 Å². The maximum absolute atomic E-state index is 13.0. The Bertz CT molecular complexity index is 533. The molecule has 0 fully saturated rings. The Kier molecular flexibility index (Phi) is 5.07. The second kappa shape index (κ2) is 6.80. The lowest BCUT2D eigenvalue weighted by molar-refractivity contribution is 0.243. The molecule has 2 nitrogen and oxygen atoms in total. The number of nitrogens with one attached hydrogen (secondary N) is 1. The van der Waals surface area contributed by atoms with Crippen LogP contribution in [0.25, 0.3) is 0 Å². The minimum absolute atomic E-state index is 0.0167. The first-order chi connectivity index (χ1) is 9.20. The lowest BCUT2D eigenvalue weighted by Crippen LogP contribution is -2.24. The van der Waals surface area contributed by atoms with E-state index in [0.717, 1.165) is 15.6 Å². The quantitative estimate of drug-likeness (QED) is 0.883. The van der Waals surface area contributed by atoms with E-state index in [1.165, 1.54) is 12.1 Å². The molecule has 0 saturated heterocycles. The van der Waals surface area contributed by atoms with Gasteiger partial charge < -0.3 is 10.4 Å². The van der Waals surface area contributed by atoms with Crippen molar-refractivity contribution in [2.24, 2.45) is 0 Å². The van der Waals surface area contributed by atoms with Gasteiger partial charge in [-0.25, -0.2) is 4.39 Å². The van der Waals surface area contributed by atoms with Gasteiger partial charge in [0, 0.05) is 11.0 Å². The molecule has 2 aromatic rings. The van der Waals surface area contributed by atoms with Crippen LogP contribution in [0.5, 0.6) is 0 Å². The van der Waals surface area contributed by atoms with Crippen molar-refractivity contribution in [2.75, 3.05) is 6.61 Å². The van der Waals surface area contributed by atoms with Crippen LogP contribution in [0, 0.1) is 5.82 Å². The van der Waals surface area contributed by atoms with Crippen molar-refractivity contribution in [1.29, 1.82) is 0 Å². The molecule has 0 amide bonds. The Labute approximate surface area is 120 Å². The van der Waals surface area contributed by atoms with E-state index in [0.29, 0.717) is 6.54 Å². The Balaban J connectivity index is 2.04. The number of rotatable bonds is 5. The molecule has 0 spiro atoms. The molecular formula is C15H15BrFNO. The van der Waals surface area contributed by atoms with Gasteiger partial charge in [-0.1, -0.05) is 52.3 Å². The van der Waals surface area contributed by atoms with Gasteiger partial charge in [0.15, 0.2) is 0 Å². The molecule has 0 aliphatic rings. The van der Waals surface area contributed by atoms with Crippen LogP contribution in [0.2, 0.25) is 0 Å². The Morgan fingerprint density at radius 2 is 1.89 bits per heavy atom. The first kappa shape index (κ1) is 14.2. The molecule has 0 aliphatic heterocycles. The summed E-state index contributed by atoms with van der Waals surface area (Å²) in [7, 11) is 0. The van der Waals surface area contributed by atoms with Crippen molar-refractivity contribution in [3.8, 4) is 0 Å². The van der Waals surface area contributed by atoms with Crippen molar-refractivity contribution in [3.05, 3.63) is 69.9 Å². The topological polar surface area (TPSA) is 32.3 Å². The molecule has 19 heavy (non-hydrogen) atoms. The van der Waals surface area contributed by atoms with E-state index < -0.39 is 0 Å². The highest BCUT2D eigenvalue weighted by Crippen LogP contribution is 2.19. The molecule has 0 radical (unpaired) electrons. The molecule has 2 rings (SSSR count). The van der Waals surface area contributed by atoms with E-state index in [2.05, 4.69) is 21.2 Å². The number of halogens is 2. The van der Waals surface area contributed by atoms with Crippen LogP contribution < -0.4 is 5.32 Å². The highest BCUT2D eigenvalue weighted by Gasteiger charge is 2.10. The normalized spacial score (nSPS) is 12.4. The number of hydrogen-bond donors (Lipinski definition) is 2. The predicted molar refractivity (Wildman–Crippen MR) is 77.2 cm³/mol. The first-order valence-corrected chi connectivity index (χ1v) is 6.83. The third kappa shape index (κ3) is 3.86.